The van der Waals surface area contributed by atoms with Gasteiger partial charge in [-0.3, -0.25) is 24.4 Å². The van der Waals surface area contributed by atoms with Gasteiger partial charge < -0.3 is 11.1 Å². The Morgan fingerprint density at radius 2 is 1.87 bits per heavy atom. The Bertz CT molecular complexity index is 1030. The quantitative estimate of drug-likeness (QED) is 0.612. The maximum atomic E-state index is 13.5. The Kier molecular flexibility index (Phi) is 7.17. The van der Waals surface area contributed by atoms with Crippen LogP contribution in [0.5, 0.6) is 0 Å². The molecule has 1 unspecified atom stereocenters. The zero-order valence-corrected chi connectivity index (χ0v) is 19.0. The molecule has 1 aliphatic heterocycles. The SMILES string of the molecule is CN(C)C1N(C)N=C(CNC(=O)CN)N1c1ccc(Cl)cc1C(=O)c1ccccc1Cl. The van der Waals surface area contributed by atoms with Crippen LogP contribution in [-0.4, -0.2) is 68.0 Å². The molecule has 1 atom stereocenters. The van der Waals surface area contributed by atoms with E-state index in [2.05, 4.69) is 10.4 Å². The topological polar surface area (TPSA) is 94.3 Å². The Morgan fingerprint density at radius 3 is 2.52 bits per heavy atom. The lowest BCUT2D eigenvalue weighted by Gasteiger charge is -2.35. The molecule has 1 heterocycles. The Balaban J connectivity index is 2.10. The van der Waals surface area contributed by atoms with Gasteiger partial charge in [0.05, 0.1) is 23.8 Å². The van der Waals surface area contributed by atoms with Gasteiger partial charge in [-0.25, -0.2) is 0 Å². The highest BCUT2D eigenvalue weighted by Gasteiger charge is 2.37. The van der Waals surface area contributed by atoms with Gasteiger partial charge >= 0.3 is 0 Å². The summed E-state index contributed by atoms with van der Waals surface area (Å²) in [7, 11) is 5.62. The minimum absolute atomic E-state index is 0.128. The van der Waals surface area contributed by atoms with E-state index in [1.807, 2.05) is 30.9 Å². The molecule has 0 bridgehead atoms. The zero-order valence-electron chi connectivity index (χ0n) is 17.5. The standard InChI is InChI=1S/C21H24Cl2N6O2/c1-27(2)21-28(3)26-18(12-25-19(30)11-24)29(21)17-9-8-13(22)10-15(17)20(31)14-6-4-5-7-16(14)23/h4-10,21H,11-12,24H2,1-3H3,(H,25,30). The lowest BCUT2D eigenvalue weighted by Crippen LogP contribution is -2.52. The number of amides is 1. The molecule has 0 aliphatic carbocycles. The molecule has 2 aromatic carbocycles. The van der Waals surface area contributed by atoms with Crippen molar-refractivity contribution in [2.45, 2.75) is 6.29 Å². The van der Waals surface area contributed by atoms with Crippen LogP contribution in [-0.2, 0) is 4.79 Å². The third kappa shape index (κ3) is 4.83. The fourth-order valence-electron chi connectivity index (χ4n) is 3.47. The predicted octanol–water partition coefficient (Wildman–Crippen LogP) is 2.21. The number of anilines is 1. The minimum Gasteiger partial charge on any atom is -0.348 e. The van der Waals surface area contributed by atoms with Gasteiger partial charge in [0.1, 0.15) is 0 Å². The summed E-state index contributed by atoms with van der Waals surface area (Å²) < 4.78 is 0. The molecule has 2 aromatic rings. The van der Waals surface area contributed by atoms with Crippen molar-refractivity contribution in [2.75, 3.05) is 39.1 Å². The van der Waals surface area contributed by atoms with E-state index >= 15 is 0 Å². The van der Waals surface area contributed by atoms with Crippen LogP contribution in [0.15, 0.2) is 47.6 Å². The van der Waals surface area contributed by atoms with Gasteiger partial charge in [-0.1, -0.05) is 35.3 Å². The summed E-state index contributed by atoms with van der Waals surface area (Å²) in [5.74, 6) is -0.0129. The first-order valence-electron chi connectivity index (χ1n) is 9.56. The number of amidine groups is 1. The maximum Gasteiger partial charge on any atom is 0.234 e. The number of nitrogens with one attached hydrogen (secondary N) is 1. The largest absolute Gasteiger partial charge is 0.348 e. The van der Waals surface area contributed by atoms with Crippen LogP contribution >= 0.6 is 23.2 Å². The fraction of sp³-hybridized carbons (Fsp3) is 0.286. The Morgan fingerprint density at radius 1 is 1.16 bits per heavy atom. The molecule has 0 fully saturated rings. The normalized spacial score (nSPS) is 16.0. The zero-order chi connectivity index (χ0) is 22.7. The second-order valence-corrected chi connectivity index (χ2v) is 8.06. The molecule has 164 valence electrons. The molecule has 1 amide bonds. The second kappa shape index (κ2) is 9.65. The van der Waals surface area contributed by atoms with Crippen molar-refractivity contribution in [3.05, 3.63) is 63.6 Å². The summed E-state index contributed by atoms with van der Waals surface area (Å²) in [5, 5.41) is 9.84. The van der Waals surface area contributed by atoms with Crippen molar-refractivity contribution in [1.29, 1.82) is 0 Å². The molecule has 0 saturated heterocycles. The summed E-state index contributed by atoms with van der Waals surface area (Å²) >= 11 is 12.5. The van der Waals surface area contributed by atoms with E-state index in [0.717, 1.165) is 0 Å². The van der Waals surface area contributed by atoms with Crippen molar-refractivity contribution < 1.29 is 9.59 Å². The lowest BCUT2D eigenvalue weighted by atomic mass is 10.0. The molecule has 1 aliphatic rings. The van der Waals surface area contributed by atoms with Crippen molar-refractivity contribution in [3.8, 4) is 0 Å². The van der Waals surface area contributed by atoms with E-state index < -0.39 is 0 Å². The first-order chi connectivity index (χ1) is 14.7. The number of hydrogen-bond donors (Lipinski definition) is 2. The van der Waals surface area contributed by atoms with Gasteiger partial charge in [0.2, 0.25) is 5.91 Å². The number of ketones is 1. The van der Waals surface area contributed by atoms with E-state index in [0.29, 0.717) is 32.7 Å². The minimum atomic E-state index is -0.330. The summed E-state index contributed by atoms with van der Waals surface area (Å²) in [6, 6.07) is 11.9. The molecule has 10 heteroatoms. The van der Waals surface area contributed by atoms with Gasteiger partial charge in [0.15, 0.2) is 17.9 Å². The molecule has 31 heavy (non-hydrogen) atoms. The number of hydrazone groups is 1. The summed E-state index contributed by atoms with van der Waals surface area (Å²) in [5.41, 5.74) is 6.75. The average molecular weight is 463 g/mol. The molecular formula is C21H24Cl2N6O2. The van der Waals surface area contributed by atoms with Crippen molar-refractivity contribution in [1.82, 2.24) is 15.2 Å². The van der Waals surface area contributed by atoms with Gasteiger partial charge in [-0.05, 0) is 44.4 Å². The number of carbonyl (C=O) groups excluding carboxylic acids is 2. The average Bonchev–Trinajstić information content (AvgIpc) is 3.07. The molecule has 3 rings (SSSR count). The number of benzene rings is 2. The number of nitrogens with zero attached hydrogens (tertiary/aromatic N) is 4. The van der Waals surface area contributed by atoms with Crippen LogP contribution in [0.1, 0.15) is 15.9 Å². The molecule has 0 saturated carbocycles. The number of halogens is 2. The van der Waals surface area contributed by atoms with Crippen molar-refractivity contribution in [3.63, 3.8) is 0 Å². The van der Waals surface area contributed by atoms with Crippen molar-refractivity contribution >= 4 is 46.4 Å². The molecule has 0 radical (unpaired) electrons. The molecular weight excluding hydrogens is 439 g/mol. The van der Waals surface area contributed by atoms with Crippen LogP contribution in [0.3, 0.4) is 0 Å². The Hall–Kier alpha value is -2.65. The fourth-order valence-corrected chi connectivity index (χ4v) is 3.87. The smallest absolute Gasteiger partial charge is 0.234 e. The lowest BCUT2D eigenvalue weighted by molar-refractivity contribution is -0.119. The van der Waals surface area contributed by atoms with Crippen LogP contribution in [0.25, 0.3) is 0 Å². The monoisotopic (exact) mass is 462 g/mol. The third-order valence-corrected chi connectivity index (χ3v) is 5.35. The maximum absolute atomic E-state index is 13.5. The Labute approximate surface area is 191 Å². The van der Waals surface area contributed by atoms with Gasteiger partial charge in [-0.15, -0.1) is 0 Å². The van der Waals surface area contributed by atoms with Crippen LogP contribution < -0.4 is 16.0 Å². The number of nitrogens with two attached hydrogens (primary N) is 1. The third-order valence-electron chi connectivity index (χ3n) is 4.79. The number of rotatable bonds is 7. The van der Waals surface area contributed by atoms with E-state index in [-0.39, 0.29) is 31.1 Å². The second-order valence-electron chi connectivity index (χ2n) is 7.22. The van der Waals surface area contributed by atoms with E-state index in [4.69, 9.17) is 28.9 Å². The van der Waals surface area contributed by atoms with Crippen LogP contribution in [0, 0.1) is 0 Å². The van der Waals surface area contributed by atoms with Crippen LogP contribution in [0.4, 0.5) is 5.69 Å². The predicted molar refractivity (Wildman–Crippen MR) is 124 cm³/mol. The van der Waals surface area contributed by atoms with Crippen LogP contribution in [0.2, 0.25) is 10.0 Å². The van der Waals surface area contributed by atoms with E-state index in [1.54, 1.807) is 47.5 Å². The highest BCUT2D eigenvalue weighted by Crippen LogP contribution is 2.33. The van der Waals surface area contributed by atoms with E-state index in [1.165, 1.54) is 0 Å². The molecule has 0 spiro atoms. The molecule has 0 aromatic heterocycles. The van der Waals surface area contributed by atoms with Gasteiger partial charge in [-0.2, -0.15) is 5.10 Å². The molecule has 8 nitrogen and oxygen atoms in total. The van der Waals surface area contributed by atoms with Gasteiger partial charge in [0.25, 0.3) is 0 Å². The highest BCUT2D eigenvalue weighted by atomic mass is 35.5. The number of carbonyl (C=O) groups is 2. The summed E-state index contributed by atoms with van der Waals surface area (Å²) in [6.45, 7) is 0.0183. The van der Waals surface area contributed by atoms with E-state index in [9.17, 15) is 9.59 Å². The first-order valence-corrected chi connectivity index (χ1v) is 10.3. The number of hydrogen-bond acceptors (Lipinski definition) is 7. The summed E-state index contributed by atoms with van der Waals surface area (Å²) in [6.07, 6.45) is -0.330. The summed E-state index contributed by atoms with van der Waals surface area (Å²) in [4.78, 5) is 29.0. The van der Waals surface area contributed by atoms with Gasteiger partial charge in [0, 0.05) is 23.2 Å². The highest BCUT2D eigenvalue weighted by molar-refractivity contribution is 6.36. The van der Waals surface area contributed by atoms with Crippen molar-refractivity contribution in [2.24, 2.45) is 10.8 Å². The molecule has 3 N–H and O–H groups in total. The first kappa shape index (κ1) is 23.0.